The molecule has 3 rings (SSSR count). The average Bonchev–Trinajstić information content (AvgIpc) is 2.77. The number of carbonyl (C=O) groups excluding carboxylic acids is 1. The molecule has 0 unspecified atom stereocenters. The van der Waals surface area contributed by atoms with E-state index >= 15 is 0 Å². The van der Waals surface area contributed by atoms with Gasteiger partial charge in [0.25, 0.3) is 0 Å². The average molecular weight is 399 g/mol. The number of benzene rings is 2. The van der Waals surface area contributed by atoms with Gasteiger partial charge in [0.05, 0.1) is 7.11 Å². The second kappa shape index (κ2) is 9.65. The minimum Gasteiger partial charge on any atom is -0.508 e. The largest absolute Gasteiger partial charge is 0.508 e. The molecule has 6 nitrogen and oxygen atoms in total. The van der Waals surface area contributed by atoms with Crippen LogP contribution in [-0.4, -0.2) is 49.5 Å². The summed E-state index contributed by atoms with van der Waals surface area (Å²) in [5.41, 5.74) is 2.04. The second-order valence-electron chi connectivity index (χ2n) is 7.46. The number of methoxy groups -OCH3 is 1. The van der Waals surface area contributed by atoms with Crippen LogP contribution in [0.2, 0.25) is 0 Å². The van der Waals surface area contributed by atoms with Gasteiger partial charge in [0.15, 0.2) is 0 Å². The van der Waals surface area contributed by atoms with Crippen molar-refractivity contribution in [3.8, 4) is 11.5 Å². The van der Waals surface area contributed by atoms with Crippen LogP contribution < -0.4 is 10.1 Å². The third-order valence-corrected chi connectivity index (χ3v) is 5.71. The Kier molecular flexibility index (Phi) is 6.99. The fourth-order valence-corrected chi connectivity index (χ4v) is 3.78. The summed E-state index contributed by atoms with van der Waals surface area (Å²) in [6, 6.07) is 15.0. The maximum atomic E-state index is 12.9. The Morgan fingerprint density at radius 2 is 1.79 bits per heavy atom. The fourth-order valence-electron chi connectivity index (χ4n) is 3.78. The summed E-state index contributed by atoms with van der Waals surface area (Å²) in [5, 5.41) is 12.6. The molecule has 0 aliphatic carbocycles. The monoisotopic (exact) mass is 398 g/mol. The topological polar surface area (TPSA) is 71.0 Å². The highest BCUT2D eigenvalue weighted by molar-refractivity contribution is 5.74. The predicted molar refractivity (Wildman–Crippen MR) is 112 cm³/mol. The van der Waals surface area contributed by atoms with Gasteiger partial charge in [-0.25, -0.2) is 4.79 Å². The van der Waals surface area contributed by atoms with Gasteiger partial charge in [0.2, 0.25) is 0 Å². The molecular formula is C23H30N2O4. The van der Waals surface area contributed by atoms with E-state index in [0.717, 1.165) is 24.2 Å². The van der Waals surface area contributed by atoms with E-state index in [1.165, 1.54) is 5.56 Å². The summed E-state index contributed by atoms with van der Waals surface area (Å²) in [5.74, 6) is 1.05. The number of nitrogens with one attached hydrogen (secondary N) is 1. The van der Waals surface area contributed by atoms with Crippen molar-refractivity contribution < 1.29 is 19.4 Å². The Labute approximate surface area is 172 Å². The van der Waals surface area contributed by atoms with Gasteiger partial charge in [0, 0.05) is 38.3 Å². The van der Waals surface area contributed by atoms with E-state index in [4.69, 9.17) is 9.47 Å². The molecule has 1 aliphatic rings. The number of amides is 2. The van der Waals surface area contributed by atoms with Crippen LogP contribution in [0.25, 0.3) is 0 Å². The summed E-state index contributed by atoms with van der Waals surface area (Å²) in [7, 11) is 1.66. The predicted octanol–water partition coefficient (Wildman–Crippen LogP) is 3.68. The lowest BCUT2D eigenvalue weighted by atomic mass is 9.74. The van der Waals surface area contributed by atoms with E-state index in [9.17, 15) is 9.90 Å². The van der Waals surface area contributed by atoms with E-state index in [-0.39, 0.29) is 17.2 Å². The number of hydrogen-bond donors (Lipinski definition) is 2. The van der Waals surface area contributed by atoms with Gasteiger partial charge < -0.3 is 24.8 Å². The Balaban J connectivity index is 1.68. The SMILES string of the molecule is CCN(Cc1ccc(O)cc1)C(=O)NCC1(c2ccc(OC)cc2)CCOCC1. The maximum absolute atomic E-state index is 12.9. The van der Waals surface area contributed by atoms with Crippen molar-refractivity contribution in [2.24, 2.45) is 0 Å². The molecule has 1 heterocycles. The summed E-state index contributed by atoms with van der Waals surface area (Å²) in [6.45, 7) is 5.01. The number of rotatable bonds is 7. The fraction of sp³-hybridized carbons (Fsp3) is 0.435. The minimum atomic E-state index is -0.141. The van der Waals surface area contributed by atoms with Crippen LogP contribution in [0.1, 0.15) is 30.9 Å². The molecule has 156 valence electrons. The third kappa shape index (κ3) is 5.21. The van der Waals surface area contributed by atoms with E-state index < -0.39 is 0 Å². The lowest BCUT2D eigenvalue weighted by molar-refractivity contribution is 0.0501. The molecular weight excluding hydrogens is 368 g/mol. The molecule has 2 aromatic carbocycles. The van der Waals surface area contributed by atoms with Crippen molar-refractivity contribution in [1.29, 1.82) is 0 Å². The molecule has 2 N–H and O–H groups in total. The Morgan fingerprint density at radius 3 is 2.38 bits per heavy atom. The minimum absolute atomic E-state index is 0.0834. The molecule has 0 radical (unpaired) electrons. The molecule has 0 aromatic heterocycles. The van der Waals surface area contributed by atoms with Gasteiger partial charge in [-0.1, -0.05) is 24.3 Å². The van der Waals surface area contributed by atoms with Gasteiger partial charge in [-0.05, 0) is 55.2 Å². The number of phenols is 1. The summed E-state index contributed by atoms with van der Waals surface area (Å²) in [4.78, 5) is 14.6. The summed E-state index contributed by atoms with van der Waals surface area (Å²) < 4.78 is 10.9. The number of urea groups is 1. The highest BCUT2D eigenvalue weighted by Crippen LogP contribution is 2.35. The zero-order valence-corrected chi connectivity index (χ0v) is 17.2. The van der Waals surface area contributed by atoms with E-state index in [0.29, 0.717) is 32.8 Å². The van der Waals surface area contributed by atoms with Gasteiger partial charge >= 0.3 is 6.03 Å². The Hall–Kier alpha value is -2.73. The highest BCUT2D eigenvalue weighted by Gasteiger charge is 2.35. The van der Waals surface area contributed by atoms with E-state index in [1.54, 1.807) is 24.1 Å². The van der Waals surface area contributed by atoms with E-state index in [1.807, 2.05) is 31.2 Å². The lowest BCUT2D eigenvalue weighted by Gasteiger charge is -2.38. The van der Waals surface area contributed by atoms with Gasteiger partial charge in [-0.2, -0.15) is 0 Å². The quantitative estimate of drug-likeness (QED) is 0.746. The Bertz CT molecular complexity index is 784. The zero-order valence-electron chi connectivity index (χ0n) is 17.2. The lowest BCUT2D eigenvalue weighted by Crippen LogP contribution is -2.48. The van der Waals surface area contributed by atoms with Crippen LogP contribution in [0.5, 0.6) is 11.5 Å². The number of phenolic OH excluding ortho intramolecular Hbond substituents is 1. The van der Waals surface area contributed by atoms with E-state index in [2.05, 4.69) is 17.4 Å². The Morgan fingerprint density at radius 1 is 1.14 bits per heavy atom. The molecule has 1 aliphatic heterocycles. The number of ether oxygens (including phenoxy) is 2. The second-order valence-corrected chi connectivity index (χ2v) is 7.46. The molecule has 2 aromatic rings. The normalized spacial score (nSPS) is 15.5. The number of nitrogens with zero attached hydrogens (tertiary/aromatic N) is 1. The number of carbonyl (C=O) groups is 1. The summed E-state index contributed by atoms with van der Waals surface area (Å²) in [6.07, 6.45) is 1.73. The van der Waals surface area contributed by atoms with Crippen molar-refractivity contribution in [3.05, 3.63) is 59.7 Å². The van der Waals surface area contributed by atoms with Crippen molar-refractivity contribution in [1.82, 2.24) is 10.2 Å². The molecule has 0 atom stereocenters. The van der Waals surface area contributed by atoms with Crippen molar-refractivity contribution in [2.45, 2.75) is 31.7 Å². The van der Waals surface area contributed by atoms with Gasteiger partial charge in [0.1, 0.15) is 11.5 Å². The van der Waals surface area contributed by atoms with Crippen molar-refractivity contribution in [2.75, 3.05) is 33.4 Å². The molecule has 6 heteroatoms. The summed E-state index contributed by atoms with van der Waals surface area (Å²) >= 11 is 0. The first-order chi connectivity index (χ1) is 14.1. The first-order valence-electron chi connectivity index (χ1n) is 10.1. The first-order valence-corrected chi connectivity index (χ1v) is 10.1. The van der Waals surface area contributed by atoms with Crippen LogP contribution in [0, 0.1) is 0 Å². The van der Waals surface area contributed by atoms with Crippen molar-refractivity contribution >= 4 is 6.03 Å². The van der Waals surface area contributed by atoms with Crippen LogP contribution in [0.3, 0.4) is 0 Å². The van der Waals surface area contributed by atoms with Gasteiger partial charge in [-0.15, -0.1) is 0 Å². The standard InChI is InChI=1S/C23H30N2O4/c1-3-25(16-18-4-8-20(26)9-5-18)22(27)24-17-23(12-14-29-15-13-23)19-6-10-21(28-2)11-7-19/h4-11,26H,3,12-17H2,1-2H3,(H,24,27). The molecule has 1 fully saturated rings. The number of aromatic hydroxyl groups is 1. The first kappa shape index (κ1) is 21.0. The number of hydrogen-bond acceptors (Lipinski definition) is 4. The molecule has 0 spiro atoms. The third-order valence-electron chi connectivity index (χ3n) is 5.71. The molecule has 2 amide bonds. The maximum Gasteiger partial charge on any atom is 0.317 e. The van der Waals surface area contributed by atoms with Crippen molar-refractivity contribution in [3.63, 3.8) is 0 Å². The molecule has 0 bridgehead atoms. The van der Waals surface area contributed by atoms with Crippen LogP contribution in [0.4, 0.5) is 4.79 Å². The zero-order chi connectivity index (χ0) is 20.7. The van der Waals surface area contributed by atoms with Crippen LogP contribution >= 0.6 is 0 Å². The highest BCUT2D eigenvalue weighted by atomic mass is 16.5. The van der Waals surface area contributed by atoms with Gasteiger partial charge in [-0.3, -0.25) is 0 Å². The van der Waals surface area contributed by atoms with Crippen LogP contribution in [-0.2, 0) is 16.7 Å². The molecule has 1 saturated heterocycles. The molecule has 29 heavy (non-hydrogen) atoms. The molecule has 0 saturated carbocycles. The smallest absolute Gasteiger partial charge is 0.317 e. The van der Waals surface area contributed by atoms with Crippen LogP contribution in [0.15, 0.2) is 48.5 Å².